The van der Waals surface area contributed by atoms with Crippen LogP contribution in [0.5, 0.6) is 0 Å². The van der Waals surface area contributed by atoms with Gasteiger partial charge in [-0.05, 0) is 36.8 Å². The van der Waals surface area contributed by atoms with Gasteiger partial charge in [-0.3, -0.25) is 0 Å². The number of urea groups is 1. The van der Waals surface area contributed by atoms with Crippen LogP contribution in [0.4, 0.5) is 23.7 Å². The normalized spacial score (nSPS) is 14.8. The molecule has 0 atom stereocenters. The molecule has 2 amide bonds. The van der Waals surface area contributed by atoms with Crippen molar-refractivity contribution in [1.82, 2.24) is 19.8 Å². The summed E-state index contributed by atoms with van der Waals surface area (Å²) in [6.45, 7) is 3.22. The third kappa shape index (κ3) is 4.92. The fourth-order valence-corrected chi connectivity index (χ4v) is 3.79. The highest BCUT2D eigenvalue weighted by Gasteiger charge is 2.31. The molecule has 0 spiro atoms. The van der Waals surface area contributed by atoms with Crippen LogP contribution in [0.15, 0.2) is 54.9 Å². The Bertz CT molecular complexity index is 1040. The van der Waals surface area contributed by atoms with E-state index in [1.807, 2.05) is 29.2 Å². The molecule has 0 saturated carbocycles. The third-order valence-electron chi connectivity index (χ3n) is 5.48. The van der Waals surface area contributed by atoms with Gasteiger partial charge in [0.1, 0.15) is 0 Å². The molecule has 6 nitrogen and oxygen atoms in total. The highest BCUT2D eigenvalue weighted by Crippen LogP contribution is 2.31. The Kier molecular flexibility index (Phi) is 6.01. The highest BCUT2D eigenvalue weighted by molar-refractivity contribution is 5.75. The number of para-hydroxylation sites is 2. The molecule has 1 saturated heterocycles. The number of imidazole rings is 1. The molecule has 0 bridgehead atoms. The van der Waals surface area contributed by atoms with Crippen LogP contribution in [-0.2, 0) is 12.7 Å². The summed E-state index contributed by atoms with van der Waals surface area (Å²) >= 11 is 0. The predicted octanol–water partition coefficient (Wildman–Crippen LogP) is 3.98. The number of amides is 2. The van der Waals surface area contributed by atoms with E-state index in [0.29, 0.717) is 38.4 Å². The Morgan fingerprint density at radius 2 is 1.81 bits per heavy atom. The lowest BCUT2D eigenvalue weighted by Gasteiger charge is -2.36. The third-order valence-corrected chi connectivity index (χ3v) is 5.48. The number of fused-ring (bicyclic) bond motifs is 1. The lowest BCUT2D eigenvalue weighted by atomic mass is 10.1. The average molecular weight is 431 g/mol. The van der Waals surface area contributed by atoms with E-state index in [2.05, 4.69) is 14.9 Å². The minimum atomic E-state index is -4.36. The molecule has 1 aliphatic heterocycles. The SMILES string of the molecule is O=C(NCCCn1cnc2ccccc21)N1CCN(c2cccc(C(F)(F)F)c2)CC1. The molecule has 1 fully saturated rings. The van der Waals surface area contributed by atoms with Crippen LogP contribution >= 0.6 is 0 Å². The van der Waals surface area contributed by atoms with E-state index in [-0.39, 0.29) is 6.03 Å². The zero-order valence-electron chi connectivity index (χ0n) is 17.0. The van der Waals surface area contributed by atoms with E-state index in [1.165, 1.54) is 6.07 Å². The summed E-state index contributed by atoms with van der Waals surface area (Å²) in [5, 5.41) is 2.93. The molecule has 2 heterocycles. The predicted molar refractivity (Wildman–Crippen MR) is 113 cm³/mol. The Labute approximate surface area is 178 Å². The van der Waals surface area contributed by atoms with Gasteiger partial charge in [-0.2, -0.15) is 13.2 Å². The molecule has 0 unspecified atom stereocenters. The molecule has 9 heteroatoms. The second kappa shape index (κ2) is 8.87. The smallest absolute Gasteiger partial charge is 0.368 e. The zero-order chi connectivity index (χ0) is 21.8. The number of benzene rings is 2. The van der Waals surface area contributed by atoms with Crippen LogP contribution in [0.25, 0.3) is 11.0 Å². The van der Waals surface area contributed by atoms with Crippen LogP contribution in [0.1, 0.15) is 12.0 Å². The molecule has 3 aromatic rings. The number of nitrogens with zero attached hydrogens (tertiary/aromatic N) is 4. The molecule has 164 valence electrons. The number of nitrogens with one attached hydrogen (secondary N) is 1. The van der Waals surface area contributed by atoms with E-state index < -0.39 is 11.7 Å². The van der Waals surface area contributed by atoms with Crippen molar-refractivity contribution in [2.75, 3.05) is 37.6 Å². The van der Waals surface area contributed by atoms with Crippen molar-refractivity contribution >= 4 is 22.8 Å². The van der Waals surface area contributed by atoms with Crippen LogP contribution in [0, 0.1) is 0 Å². The molecular weight excluding hydrogens is 407 g/mol. The summed E-state index contributed by atoms with van der Waals surface area (Å²) in [6.07, 6.45) is -1.78. The minimum Gasteiger partial charge on any atom is -0.368 e. The van der Waals surface area contributed by atoms with Crippen molar-refractivity contribution in [2.24, 2.45) is 0 Å². The molecule has 4 rings (SSSR count). The number of alkyl halides is 3. The van der Waals surface area contributed by atoms with E-state index >= 15 is 0 Å². The summed E-state index contributed by atoms with van der Waals surface area (Å²) in [5.41, 5.74) is 1.89. The maximum Gasteiger partial charge on any atom is 0.416 e. The first-order valence-electron chi connectivity index (χ1n) is 10.3. The van der Waals surface area contributed by atoms with Gasteiger partial charge in [0.2, 0.25) is 0 Å². The molecule has 1 aromatic heterocycles. The summed E-state index contributed by atoms with van der Waals surface area (Å²) in [6, 6.07) is 13.1. The monoisotopic (exact) mass is 431 g/mol. The van der Waals surface area contributed by atoms with Crippen molar-refractivity contribution in [3.05, 3.63) is 60.4 Å². The Morgan fingerprint density at radius 3 is 2.58 bits per heavy atom. The van der Waals surface area contributed by atoms with Crippen molar-refractivity contribution in [3.63, 3.8) is 0 Å². The maximum atomic E-state index is 12.9. The van der Waals surface area contributed by atoms with Crippen LogP contribution < -0.4 is 10.2 Å². The lowest BCUT2D eigenvalue weighted by molar-refractivity contribution is -0.137. The highest BCUT2D eigenvalue weighted by atomic mass is 19.4. The Morgan fingerprint density at radius 1 is 1.03 bits per heavy atom. The van der Waals surface area contributed by atoms with Gasteiger partial charge in [0.15, 0.2) is 0 Å². The van der Waals surface area contributed by atoms with Gasteiger partial charge in [-0.1, -0.05) is 18.2 Å². The van der Waals surface area contributed by atoms with Crippen molar-refractivity contribution in [3.8, 4) is 0 Å². The molecule has 1 aliphatic rings. The van der Waals surface area contributed by atoms with Crippen LogP contribution in [0.3, 0.4) is 0 Å². The van der Waals surface area contributed by atoms with E-state index in [9.17, 15) is 18.0 Å². The standard InChI is InChI=1S/C22H24F3N5O/c23-22(24,25)17-5-3-6-18(15-17)28-11-13-29(14-12-28)21(31)26-9-4-10-30-16-27-19-7-1-2-8-20(19)30/h1-3,5-8,15-16H,4,9-14H2,(H,26,31). The number of anilines is 1. The summed E-state index contributed by atoms with van der Waals surface area (Å²) in [5.74, 6) is 0. The fourth-order valence-electron chi connectivity index (χ4n) is 3.79. The second-order valence-electron chi connectivity index (χ2n) is 7.53. The van der Waals surface area contributed by atoms with Gasteiger partial charge < -0.3 is 19.7 Å². The number of carbonyl (C=O) groups excluding carboxylic acids is 1. The molecule has 2 aromatic carbocycles. The summed E-state index contributed by atoms with van der Waals surface area (Å²) in [4.78, 5) is 20.4. The summed E-state index contributed by atoms with van der Waals surface area (Å²) < 4.78 is 40.9. The summed E-state index contributed by atoms with van der Waals surface area (Å²) in [7, 11) is 0. The Balaban J connectivity index is 1.22. The number of hydrogen-bond donors (Lipinski definition) is 1. The van der Waals surface area contributed by atoms with Gasteiger partial charge in [-0.25, -0.2) is 9.78 Å². The molecule has 31 heavy (non-hydrogen) atoms. The maximum absolute atomic E-state index is 12.9. The topological polar surface area (TPSA) is 53.4 Å². The largest absolute Gasteiger partial charge is 0.416 e. The lowest BCUT2D eigenvalue weighted by Crippen LogP contribution is -2.52. The average Bonchev–Trinajstić information content (AvgIpc) is 3.19. The van der Waals surface area contributed by atoms with Gasteiger partial charge >= 0.3 is 12.2 Å². The van der Waals surface area contributed by atoms with Gasteiger partial charge in [0, 0.05) is 45.0 Å². The number of hydrogen-bond acceptors (Lipinski definition) is 3. The van der Waals surface area contributed by atoms with Crippen LogP contribution in [0.2, 0.25) is 0 Å². The van der Waals surface area contributed by atoms with E-state index in [4.69, 9.17) is 0 Å². The van der Waals surface area contributed by atoms with Crippen molar-refractivity contribution < 1.29 is 18.0 Å². The van der Waals surface area contributed by atoms with Crippen molar-refractivity contribution in [1.29, 1.82) is 0 Å². The minimum absolute atomic E-state index is 0.140. The number of aromatic nitrogens is 2. The first kappa shape index (κ1) is 21.0. The van der Waals surface area contributed by atoms with Crippen molar-refractivity contribution in [2.45, 2.75) is 19.1 Å². The first-order chi connectivity index (χ1) is 14.9. The van der Waals surface area contributed by atoms with E-state index in [0.717, 1.165) is 36.1 Å². The molecular formula is C22H24F3N5O. The number of piperazine rings is 1. The number of halogens is 3. The second-order valence-corrected chi connectivity index (χ2v) is 7.53. The Hall–Kier alpha value is -3.23. The van der Waals surface area contributed by atoms with Gasteiger partial charge in [-0.15, -0.1) is 0 Å². The molecule has 0 aliphatic carbocycles. The molecule has 0 radical (unpaired) electrons. The van der Waals surface area contributed by atoms with Crippen LogP contribution in [-0.4, -0.2) is 53.2 Å². The quantitative estimate of drug-likeness (QED) is 0.622. The molecule has 1 N–H and O–H groups in total. The zero-order valence-corrected chi connectivity index (χ0v) is 17.0. The first-order valence-corrected chi connectivity index (χ1v) is 10.3. The fraction of sp³-hybridized carbons (Fsp3) is 0.364. The number of aryl methyl sites for hydroxylation is 1. The number of carbonyl (C=O) groups is 1. The number of rotatable bonds is 5. The van der Waals surface area contributed by atoms with Gasteiger partial charge in [0.25, 0.3) is 0 Å². The van der Waals surface area contributed by atoms with E-state index in [1.54, 1.807) is 17.3 Å². The van der Waals surface area contributed by atoms with Gasteiger partial charge in [0.05, 0.1) is 22.9 Å².